The molecule has 1 aliphatic heterocycles. The highest BCUT2D eigenvalue weighted by molar-refractivity contribution is 9.10. The number of rotatable bonds is 4. The van der Waals surface area contributed by atoms with Crippen LogP contribution in [0.3, 0.4) is 0 Å². The predicted octanol–water partition coefficient (Wildman–Crippen LogP) is 0.0294. The molecule has 2 rings (SSSR count). The number of H-pyrrole nitrogens is 1. The summed E-state index contributed by atoms with van der Waals surface area (Å²) in [7, 11) is 0. The Morgan fingerprint density at radius 3 is 2.62 bits per heavy atom. The second-order valence-corrected chi connectivity index (χ2v) is 5.88. The number of carbonyl (C=O) groups excluding carboxylic acids is 2. The van der Waals surface area contributed by atoms with Crippen LogP contribution >= 0.6 is 15.9 Å². The summed E-state index contributed by atoms with van der Waals surface area (Å²) >= 11 is 2.93. The lowest BCUT2D eigenvalue weighted by Gasteiger charge is -2.18. The van der Waals surface area contributed by atoms with Crippen molar-refractivity contribution < 1.29 is 28.2 Å². The second-order valence-electron chi connectivity index (χ2n) is 5.03. The van der Waals surface area contributed by atoms with E-state index in [1.807, 2.05) is 4.98 Å². The zero-order chi connectivity index (χ0) is 18.0. The lowest BCUT2D eigenvalue weighted by molar-refractivity contribution is -0.156. The van der Waals surface area contributed by atoms with Crippen molar-refractivity contribution in [2.24, 2.45) is 0 Å². The van der Waals surface area contributed by atoms with Crippen molar-refractivity contribution in [2.75, 3.05) is 6.61 Å². The molecule has 1 fully saturated rings. The first-order chi connectivity index (χ1) is 11.2. The van der Waals surface area contributed by atoms with Gasteiger partial charge < -0.3 is 14.2 Å². The monoisotopic (exact) mass is 408 g/mol. The quantitative estimate of drug-likeness (QED) is 0.698. The number of hydrogen-bond acceptors (Lipinski definition) is 7. The van der Waals surface area contributed by atoms with Crippen LogP contribution in [0.5, 0.6) is 0 Å². The van der Waals surface area contributed by atoms with E-state index < -0.39 is 47.8 Å². The van der Waals surface area contributed by atoms with Crippen LogP contribution < -0.4 is 11.2 Å². The molecule has 0 spiro atoms. The molecule has 1 unspecified atom stereocenters. The SMILES string of the molecule is CC(=O)OC[C@H]1O[C@@H](n2cc(Br)c(=O)[nH]c2=O)[C@@H](F)C1OC(C)=O. The predicted molar refractivity (Wildman–Crippen MR) is 80.0 cm³/mol. The van der Waals surface area contributed by atoms with Gasteiger partial charge in [0.1, 0.15) is 12.7 Å². The van der Waals surface area contributed by atoms with E-state index in [0.717, 1.165) is 24.6 Å². The van der Waals surface area contributed by atoms with Gasteiger partial charge in [-0.15, -0.1) is 0 Å². The number of carbonyl (C=O) groups is 2. The first-order valence-corrected chi connectivity index (χ1v) is 7.61. The van der Waals surface area contributed by atoms with E-state index in [9.17, 15) is 23.6 Å². The fourth-order valence-electron chi connectivity index (χ4n) is 2.23. The Morgan fingerprint density at radius 2 is 2.04 bits per heavy atom. The molecule has 0 saturated carbocycles. The molecule has 132 valence electrons. The van der Waals surface area contributed by atoms with Gasteiger partial charge in [-0.2, -0.15) is 0 Å². The third-order valence-corrected chi connectivity index (χ3v) is 3.78. The molecule has 1 N–H and O–H groups in total. The fourth-order valence-corrected chi connectivity index (χ4v) is 2.55. The number of nitrogens with zero attached hydrogens (tertiary/aromatic N) is 1. The molecule has 1 aromatic rings. The normalized spacial score (nSPS) is 26.2. The molecular formula is C13H14BrFN2O7. The van der Waals surface area contributed by atoms with Crippen LogP contribution in [0.2, 0.25) is 0 Å². The van der Waals surface area contributed by atoms with Gasteiger partial charge in [-0.3, -0.25) is 23.9 Å². The van der Waals surface area contributed by atoms with Crippen molar-refractivity contribution in [2.45, 2.75) is 38.5 Å². The van der Waals surface area contributed by atoms with Gasteiger partial charge in [0.25, 0.3) is 5.56 Å². The molecule has 1 aliphatic rings. The van der Waals surface area contributed by atoms with Crippen LogP contribution in [0.15, 0.2) is 20.3 Å². The number of ether oxygens (including phenoxy) is 3. The maximum absolute atomic E-state index is 14.7. The van der Waals surface area contributed by atoms with E-state index in [-0.39, 0.29) is 11.1 Å². The number of nitrogens with one attached hydrogen (secondary N) is 1. The van der Waals surface area contributed by atoms with Crippen molar-refractivity contribution in [1.29, 1.82) is 0 Å². The summed E-state index contributed by atoms with van der Waals surface area (Å²) < 4.78 is 30.5. The summed E-state index contributed by atoms with van der Waals surface area (Å²) in [5, 5.41) is 0. The molecule has 24 heavy (non-hydrogen) atoms. The van der Waals surface area contributed by atoms with Crippen LogP contribution in [0.25, 0.3) is 0 Å². The zero-order valence-electron chi connectivity index (χ0n) is 12.7. The molecule has 11 heteroatoms. The van der Waals surface area contributed by atoms with Gasteiger partial charge in [0, 0.05) is 20.0 Å². The smallest absolute Gasteiger partial charge is 0.330 e. The summed E-state index contributed by atoms with van der Waals surface area (Å²) in [4.78, 5) is 47.3. The Morgan fingerprint density at radius 1 is 1.38 bits per heavy atom. The highest BCUT2D eigenvalue weighted by atomic mass is 79.9. The minimum absolute atomic E-state index is 0.00891. The van der Waals surface area contributed by atoms with Crippen LogP contribution in [0.4, 0.5) is 4.39 Å². The Labute approximate surface area is 142 Å². The number of aromatic amines is 1. The van der Waals surface area contributed by atoms with Gasteiger partial charge in [-0.1, -0.05) is 0 Å². The van der Waals surface area contributed by atoms with Crippen LogP contribution in [0, 0.1) is 0 Å². The third kappa shape index (κ3) is 3.90. The maximum atomic E-state index is 14.7. The van der Waals surface area contributed by atoms with Gasteiger partial charge in [0.15, 0.2) is 18.5 Å². The summed E-state index contributed by atoms with van der Waals surface area (Å²) in [6.07, 6.45) is -4.78. The molecule has 0 amide bonds. The number of esters is 2. The highest BCUT2D eigenvalue weighted by Gasteiger charge is 2.49. The van der Waals surface area contributed by atoms with Crippen molar-refractivity contribution in [3.8, 4) is 0 Å². The van der Waals surface area contributed by atoms with Gasteiger partial charge in [-0.05, 0) is 15.9 Å². The molecule has 0 radical (unpaired) electrons. The number of alkyl halides is 1. The minimum atomic E-state index is -1.91. The Kier molecular flexibility index (Phi) is 5.54. The molecule has 2 heterocycles. The number of hydrogen-bond donors (Lipinski definition) is 1. The number of aromatic nitrogens is 2. The summed E-state index contributed by atoms with van der Waals surface area (Å²) in [6, 6.07) is 0. The number of halogens is 2. The Balaban J connectivity index is 2.33. The summed E-state index contributed by atoms with van der Waals surface area (Å²) in [6.45, 7) is 1.89. The standard InChI is InChI=1S/C13H14BrFN2O7/c1-5(18)22-4-8-10(23-6(2)19)9(15)12(24-8)17-3-7(14)11(20)16-13(17)21/h3,8-10,12H,4H2,1-2H3,(H,16,20,21)/t8-,9+,10?,12-/m1/s1. The summed E-state index contributed by atoms with van der Waals surface area (Å²) in [5.74, 6) is -1.38. The van der Waals surface area contributed by atoms with E-state index in [0.29, 0.717) is 0 Å². The first kappa shape index (κ1) is 18.3. The maximum Gasteiger partial charge on any atom is 0.330 e. The van der Waals surface area contributed by atoms with E-state index >= 15 is 0 Å². The first-order valence-electron chi connectivity index (χ1n) is 6.81. The topological polar surface area (TPSA) is 117 Å². The molecule has 1 aromatic heterocycles. The molecule has 4 atom stereocenters. The Bertz CT molecular complexity index is 761. The molecular weight excluding hydrogens is 395 g/mol. The largest absolute Gasteiger partial charge is 0.463 e. The zero-order valence-corrected chi connectivity index (χ0v) is 14.2. The van der Waals surface area contributed by atoms with Crippen molar-refractivity contribution in [3.05, 3.63) is 31.5 Å². The second kappa shape index (κ2) is 7.26. The highest BCUT2D eigenvalue weighted by Crippen LogP contribution is 2.33. The molecule has 0 aliphatic carbocycles. The van der Waals surface area contributed by atoms with Crippen LogP contribution in [-0.2, 0) is 23.8 Å². The van der Waals surface area contributed by atoms with Crippen molar-refractivity contribution in [1.82, 2.24) is 9.55 Å². The lowest BCUT2D eigenvalue weighted by Crippen LogP contribution is -2.38. The minimum Gasteiger partial charge on any atom is -0.463 e. The van der Waals surface area contributed by atoms with E-state index in [4.69, 9.17) is 14.2 Å². The fraction of sp³-hybridized carbons (Fsp3) is 0.538. The van der Waals surface area contributed by atoms with Gasteiger partial charge in [-0.25, -0.2) is 9.18 Å². The van der Waals surface area contributed by atoms with Gasteiger partial charge in [0.2, 0.25) is 0 Å². The lowest BCUT2D eigenvalue weighted by atomic mass is 10.1. The van der Waals surface area contributed by atoms with E-state index in [1.54, 1.807) is 0 Å². The molecule has 9 nitrogen and oxygen atoms in total. The molecule has 1 saturated heterocycles. The molecule has 0 bridgehead atoms. The van der Waals surface area contributed by atoms with Crippen LogP contribution in [0.1, 0.15) is 20.1 Å². The average molecular weight is 409 g/mol. The average Bonchev–Trinajstić information content (AvgIpc) is 2.77. The summed E-state index contributed by atoms with van der Waals surface area (Å²) in [5.41, 5.74) is -1.58. The molecule has 0 aromatic carbocycles. The van der Waals surface area contributed by atoms with Gasteiger partial charge >= 0.3 is 17.6 Å². The Hall–Kier alpha value is -2.01. The van der Waals surface area contributed by atoms with Crippen molar-refractivity contribution in [3.63, 3.8) is 0 Å². The van der Waals surface area contributed by atoms with Gasteiger partial charge in [0.05, 0.1) is 4.47 Å². The van der Waals surface area contributed by atoms with Crippen molar-refractivity contribution >= 4 is 27.9 Å². The van der Waals surface area contributed by atoms with E-state index in [2.05, 4.69) is 15.9 Å². The third-order valence-electron chi connectivity index (χ3n) is 3.22. The van der Waals surface area contributed by atoms with E-state index in [1.165, 1.54) is 0 Å². The van der Waals surface area contributed by atoms with Crippen LogP contribution in [-0.4, -0.2) is 46.5 Å².